The van der Waals surface area contributed by atoms with Crippen molar-refractivity contribution >= 4 is 5.91 Å². The van der Waals surface area contributed by atoms with Gasteiger partial charge in [0.1, 0.15) is 0 Å². The van der Waals surface area contributed by atoms with Gasteiger partial charge in [0, 0.05) is 14.1 Å². The molecule has 1 heterocycles. The summed E-state index contributed by atoms with van der Waals surface area (Å²) < 4.78 is 5.37. The summed E-state index contributed by atoms with van der Waals surface area (Å²) in [7, 11) is 3.51. The maximum absolute atomic E-state index is 11.2. The third-order valence-electron chi connectivity index (χ3n) is 2.66. The van der Waals surface area contributed by atoms with Crippen molar-refractivity contribution in [2.24, 2.45) is 0 Å². The zero-order valence-corrected chi connectivity index (χ0v) is 9.25. The Balaban J connectivity index is 2.18. The number of ether oxygens (including phenoxy) is 1. The maximum atomic E-state index is 11.2. The van der Waals surface area contributed by atoms with E-state index in [1.807, 2.05) is 6.08 Å². The van der Waals surface area contributed by atoms with E-state index in [-0.39, 0.29) is 11.5 Å². The van der Waals surface area contributed by atoms with Gasteiger partial charge in [-0.2, -0.15) is 0 Å². The monoisotopic (exact) mass is 197 g/mol. The van der Waals surface area contributed by atoms with Crippen LogP contribution in [-0.2, 0) is 9.53 Å². The minimum atomic E-state index is 0.0484. The zero-order valence-electron chi connectivity index (χ0n) is 9.25. The molecule has 0 aliphatic carbocycles. The third kappa shape index (κ3) is 3.14. The zero-order chi connectivity index (χ0) is 10.6. The predicted molar refractivity (Wildman–Crippen MR) is 56.0 cm³/mol. The molecule has 1 fully saturated rings. The quantitative estimate of drug-likeness (QED) is 0.495. The van der Waals surface area contributed by atoms with E-state index < -0.39 is 0 Å². The molecule has 1 aliphatic rings. The highest BCUT2D eigenvalue weighted by Crippen LogP contribution is 2.35. The van der Waals surface area contributed by atoms with Crippen LogP contribution in [0.4, 0.5) is 0 Å². The molecular formula is C11H19NO2. The van der Waals surface area contributed by atoms with Gasteiger partial charge in [-0.05, 0) is 25.3 Å². The number of allylic oxidation sites excluding steroid dienone is 1. The van der Waals surface area contributed by atoms with Crippen LogP contribution in [0.3, 0.4) is 0 Å². The molecule has 0 aromatic heterocycles. The number of carbonyl (C=O) groups is 1. The molecule has 14 heavy (non-hydrogen) atoms. The standard InChI is InChI=1S/C11H19NO2/c1-4-11(9-14-11)8-6-5-7-10(13)12(2)3/h5,7H,4,6,8-9H2,1-3H3/b7-5+. The molecule has 3 heteroatoms. The van der Waals surface area contributed by atoms with E-state index in [9.17, 15) is 4.79 Å². The number of likely N-dealkylation sites (N-methyl/N-ethyl adjacent to an activating group) is 1. The minimum absolute atomic E-state index is 0.0484. The summed E-state index contributed by atoms with van der Waals surface area (Å²) in [6.07, 6.45) is 6.59. The van der Waals surface area contributed by atoms with E-state index in [4.69, 9.17) is 4.74 Å². The SMILES string of the molecule is CCC1(CC/C=C/C(=O)N(C)C)CO1. The summed E-state index contributed by atoms with van der Waals surface area (Å²) in [6, 6.07) is 0. The Hall–Kier alpha value is -0.830. The smallest absolute Gasteiger partial charge is 0.245 e. The fraction of sp³-hybridized carbons (Fsp3) is 0.727. The van der Waals surface area contributed by atoms with Crippen LogP contribution >= 0.6 is 0 Å². The first-order valence-electron chi connectivity index (χ1n) is 5.11. The molecule has 1 amide bonds. The Labute approximate surface area is 85.7 Å². The van der Waals surface area contributed by atoms with E-state index in [1.54, 1.807) is 25.1 Å². The summed E-state index contributed by atoms with van der Waals surface area (Å²) in [5, 5.41) is 0. The van der Waals surface area contributed by atoms with Crippen molar-refractivity contribution < 1.29 is 9.53 Å². The number of hydrogen-bond acceptors (Lipinski definition) is 2. The third-order valence-corrected chi connectivity index (χ3v) is 2.66. The first-order chi connectivity index (χ1) is 6.59. The van der Waals surface area contributed by atoms with Crippen LogP contribution in [0.15, 0.2) is 12.2 Å². The Morgan fingerprint density at radius 3 is 2.64 bits per heavy atom. The molecule has 0 N–H and O–H groups in total. The van der Waals surface area contributed by atoms with E-state index in [2.05, 4.69) is 6.92 Å². The maximum Gasteiger partial charge on any atom is 0.245 e. The summed E-state index contributed by atoms with van der Waals surface area (Å²) in [5.41, 5.74) is 0.144. The van der Waals surface area contributed by atoms with Crippen molar-refractivity contribution in [2.75, 3.05) is 20.7 Å². The van der Waals surface area contributed by atoms with Crippen LogP contribution in [0.1, 0.15) is 26.2 Å². The van der Waals surface area contributed by atoms with E-state index in [1.165, 1.54) is 0 Å². The van der Waals surface area contributed by atoms with E-state index in [0.717, 1.165) is 25.9 Å². The molecule has 0 aromatic carbocycles. The molecule has 3 nitrogen and oxygen atoms in total. The molecule has 0 bridgehead atoms. The molecule has 0 aromatic rings. The van der Waals surface area contributed by atoms with Crippen LogP contribution in [-0.4, -0.2) is 37.1 Å². The average molecular weight is 197 g/mol. The second-order valence-corrected chi connectivity index (χ2v) is 4.00. The van der Waals surface area contributed by atoms with Crippen LogP contribution in [0.5, 0.6) is 0 Å². The number of epoxide rings is 1. The molecule has 1 rings (SSSR count). The van der Waals surface area contributed by atoms with Crippen LogP contribution in [0, 0.1) is 0 Å². The summed E-state index contributed by atoms with van der Waals surface area (Å²) in [6.45, 7) is 3.03. The number of carbonyl (C=O) groups excluding carboxylic acids is 1. The van der Waals surface area contributed by atoms with Crippen molar-refractivity contribution in [1.29, 1.82) is 0 Å². The van der Waals surface area contributed by atoms with Crippen molar-refractivity contribution in [1.82, 2.24) is 4.90 Å². The second kappa shape index (κ2) is 4.60. The fourth-order valence-corrected chi connectivity index (χ4v) is 1.31. The van der Waals surface area contributed by atoms with Crippen molar-refractivity contribution in [3.05, 3.63) is 12.2 Å². The van der Waals surface area contributed by atoms with Crippen molar-refractivity contribution in [3.63, 3.8) is 0 Å². The molecular weight excluding hydrogens is 178 g/mol. The van der Waals surface area contributed by atoms with Gasteiger partial charge >= 0.3 is 0 Å². The van der Waals surface area contributed by atoms with Crippen molar-refractivity contribution in [2.45, 2.75) is 31.8 Å². The molecule has 1 aliphatic heterocycles. The van der Waals surface area contributed by atoms with Crippen LogP contribution in [0.2, 0.25) is 0 Å². The molecule has 1 atom stereocenters. The number of hydrogen-bond donors (Lipinski definition) is 0. The lowest BCUT2D eigenvalue weighted by Crippen LogP contribution is -2.18. The molecule has 0 saturated carbocycles. The highest BCUT2D eigenvalue weighted by Gasteiger charge is 2.41. The van der Waals surface area contributed by atoms with Gasteiger partial charge in [-0.3, -0.25) is 4.79 Å². The van der Waals surface area contributed by atoms with Gasteiger partial charge in [0.2, 0.25) is 5.91 Å². The topological polar surface area (TPSA) is 32.8 Å². The van der Waals surface area contributed by atoms with Crippen molar-refractivity contribution in [3.8, 4) is 0 Å². The molecule has 0 spiro atoms. The molecule has 0 radical (unpaired) electrons. The van der Waals surface area contributed by atoms with Gasteiger partial charge in [-0.15, -0.1) is 0 Å². The first-order valence-corrected chi connectivity index (χ1v) is 5.11. The summed E-state index contributed by atoms with van der Waals surface area (Å²) >= 11 is 0. The van der Waals surface area contributed by atoms with Gasteiger partial charge in [0.05, 0.1) is 12.2 Å². The molecule has 1 saturated heterocycles. The lowest BCUT2D eigenvalue weighted by atomic mass is 10.0. The minimum Gasteiger partial charge on any atom is -0.370 e. The predicted octanol–water partition coefficient (Wildman–Crippen LogP) is 1.59. The largest absolute Gasteiger partial charge is 0.370 e. The highest BCUT2D eigenvalue weighted by atomic mass is 16.6. The van der Waals surface area contributed by atoms with Gasteiger partial charge in [0.25, 0.3) is 0 Å². The van der Waals surface area contributed by atoms with Gasteiger partial charge in [-0.25, -0.2) is 0 Å². The van der Waals surface area contributed by atoms with E-state index in [0.29, 0.717) is 0 Å². The normalized spacial score (nSPS) is 25.4. The van der Waals surface area contributed by atoms with Gasteiger partial charge < -0.3 is 9.64 Å². The average Bonchev–Trinajstić information content (AvgIpc) is 2.93. The molecule has 1 unspecified atom stereocenters. The van der Waals surface area contributed by atoms with Gasteiger partial charge in [0.15, 0.2) is 0 Å². The van der Waals surface area contributed by atoms with Crippen LogP contribution < -0.4 is 0 Å². The number of amides is 1. The fourth-order valence-electron chi connectivity index (χ4n) is 1.31. The molecule has 80 valence electrons. The first kappa shape index (κ1) is 11.2. The summed E-state index contributed by atoms with van der Waals surface area (Å²) in [5.74, 6) is 0.0484. The second-order valence-electron chi connectivity index (χ2n) is 4.00. The lowest BCUT2D eigenvalue weighted by Gasteiger charge is -2.07. The number of nitrogens with zero attached hydrogens (tertiary/aromatic N) is 1. The van der Waals surface area contributed by atoms with Crippen LogP contribution in [0.25, 0.3) is 0 Å². The van der Waals surface area contributed by atoms with E-state index >= 15 is 0 Å². The Kier molecular flexibility index (Phi) is 3.69. The number of rotatable bonds is 5. The Bertz CT molecular complexity index is 229. The summed E-state index contributed by atoms with van der Waals surface area (Å²) in [4.78, 5) is 12.7. The highest BCUT2D eigenvalue weighted by molar-refractivity contribution is 5.87. The lowest BCUT2D eigenvalue weighted by molar-refractivity contribution is -0.123. The Morgan fingerprint density at radius 2 is 2.21 bits per heavy atom. The van der Waals surface area contributed by atoms with Gasteiger partial charge in [-0.1, -0.05) is 13.0 Å². The Morgan fingerprint density at radius 1 is 1.57 bits per heavy atom.